The Kier molecular flexibility index (Phi) is 18.5. The molecule has 0 N–H and O–H groups in total. The molecule has 0 unspecified atom stereocenters. The number of benzene rings is 3. The van der Waals surface area contributed by atoms with E-state index in [2.05, 4.69) is 9.97 Å². The zero-order valence-corrected chi connectivity index (χ0v) is 39.5. The number of nitrogens with zero attached hydrogens (tertiary/aromatic N) is 6. The van der Waals surface area contributed by atoms with Crippen molar-refractivity contribution in [1.82, 2.24) is 28.9 Å². The summed E-state index contributed by atoms with van der Waals surface area (Å²) in [6, 6.07) is 13.8. The van der Waals surface area contributed by atoms with Gasteiger partial charge in [0.15, 0.2) is 11.4 Å². The smallest absolute Gasteiger partial charge is 0.748 e. The zero-order valence-electron chi connectivity index (χ0n) is 34.7. The van der Waals surface area contributed by atoms with Crippen molar-refractivity contribution in [2.45, 2.75) is 24.9 Å². The molecule has 5 aromatic rings. The molecule has 2 amide bonds. The topological polar surface area (TPSA) is 229 Å². The fourth-order valence-electron chi connectivity index (χ4n) is 5.91. The Bertz CT molecular complexity index is 2710. The van der Waals surface area contributed by atoms with E-state index < -0.39 is 56.4 Å². The molecule has 0 aliphatic carbocycles. The number of alkyl halides is 1. The van der Waals surface area contributed by atoms with E-state index in [0.29, 0.717) is 29.0 Å². The summed E-state index contributed by atoms with van der Waals surface area (Å²) in [5, 5.41) is 0. The van der Waals surface area contributed by atoms with Crippen molar-refractivity contribution in [2.75, 3.05) is 46.8 Å². The maximum Gasteiger partial charge on any atom is 1.00 e. The van der Waals surface area contributed by atoms with Crippen LogP contribution in [0.4, 0.5) is 13.2 Å². The third-order valence-corrected chi connectivity index (χ3v) is 9.99. The van der Waals surface area contributed by atoms with Crippen molar-refractivity contribution in [1.29, 1.82) is 0 Å². The average Bonchev–Trinajstić information content (AvgIpc) is 3.77. The van der Waals surface area contributed by atoms with E-state index in [0.717, 1.165) is 17.7 Å². The fraction of sp³-hybridized carbons (Fsp3) is 0.256. The summed E-state index contributed by atoms with van der Waals surface area (Å²) in [4.78, 5) is 60.4. The van der Waals surface area contributed by atoms with Crippen molar-refractivity contribution < 1.29 is 119 Å². The second kappa shape index (κ2) is 22.2. The predicted molar refractivity (Wildman–Crippen MR) is 212 cm³/mol. The standard InChI is InChI=1S/C22H20FN3O6S.C15H13F2N3O3.CH4O3S.CH3.K/c1-14-3-6-16(7-4-14)33(29,30)32-10-9-31-22(28)20-19-12-25(2)21(27)17-11-15(23)5-8-18(17)26(19)13-24-20;1-19-7-12-13(15(22)23-5-4-16)18-8-20(12)11-3-2-9(17)6-10(11)14(19)21;1-5(2,3)4;;/h3-8,11,13H,9-10,12H2,1-2H3;2-3,6,8H,4-5,7H2,1H3;1H3,(H,2,3,4);1H3;/q;;;-1;+1/p-1/i;16-1;;;. The summed E-state index contributed by atoms with van der Waals surface area (Å²) in [6.07, 6.45) is 3.32. The number of imidazole rings is 2. The maximum atomic E-state index is 13.7. The van der Waals surface area contributed by atoms with Gasteiger partial charge < -0.3 is 31.3 Å². The zero-order chi connectivity index (χ0) is 44.8. The molecule has 24 heteroatoms. The van der Waals surface area contributed by atoms with Gasteiger partial charge in [0.2, 0.25) is 0 Å². The number of carbonyl (C=O) groups is 4. The van der Waals surface area contributed by atoms with Gasteiger partial charge in [0.1, 0.15) is 50.8 Å². The van der Waals surface area contributed by atoms with Crippen LogP contribution in [-0.2, 0) is 47.0 Å². The van der Waals surface area contributed by atoms with Crippen molar-refractivity contribution in [3.63, 3.8) is 0 Å². The molecule has 0 fully saturated rings. The first-order valence-corrected chi connectivity index (χ1v) is 20.9. The number of amides is 2. The number of fused-ring (bicyclic) bond motifs is 6. The molecular weight excluding hydrogens is 904 g/mol. The summed E-state index contributed by atoms with van der Waals surface area (Å²) < 4.78 is 109. The third kappa shape index (κ3) is 13.1. The predicted octanol–water partition coefficient (Wildman–Crippen LogP) is 0.807. The van der Waals surface area contributed by atoms with Crippen LogP contribution in [0.2, 0.25) is 0 Å². The van der Waals surface area contributed by atoms with Crippen LogP contribution in [0, 0.1) is 26.0 Å². The molecule has 0 radical (unpaired) electrons. The van der Waals surface area contributed by atoms with Gasteiger partial charge in [-0.2, -0.15) is 8.42 Å². The minimum absolute atomic E-state index is 0. The maximum absolute atomic E-state index is 13.7. The minimum atomic E-state index is -3.98. The number of hydrogen-bond donors (Lipinski definition) is 0. The van der Waals surface area contributed by atoms with Gasteiger partial charge in [0.05, 0.1) is 62.0 Å². The van der Waals surface area contributed by atoms with Crippen molar-refractivity contribution in [3.8, 4) is 11.4 Å². The van der Waals surface area contributed by atoms with Crippen LogP contribution in [0.3, 0.4) is 0 Å². The Morgan fingerprint density at radius 2 is 1.14 bits per heavy atom. The number of hydrogen-bond acceptors (Lipinski definition) is 14. The number of aryl methyl sites for hydroxylation is 1. The van der Waals surface area contributed by atoms with Crippen LogP contribution in [0.5, 0.6) is 0 Å². The molecule has 0 saturated heterocycles. The first kappa shape index (κ1) is 52.6. The van der Waals surface area contributed by atoms with E-state index >= 15 is 0 Å². The normalized spacial score (nSPS) is 12.8. The summed E-state index contributed by atoms with van der Waals surface area (Å²) in [7, 11) is -4.84. The molecule has 4 heterocycles. The Balaban J connectivity index is 0.000000308. The largest absolute Gasteiger partial charge is 1.00 e. The van der Waals surface area contributed by atoms with Crippen molar-refractivity contribution in [2.24, 2.45) is 0 Å². The first-order valence-electron chi connectivity index (χ1n) is 17.7. The number of carbonyl (C=O) groups excluding carboxylic acids is 4. The van der Waals surface area contributed by atoms with E-state index in [1.54, 1.807) is 16.7 Å². The molecule has 0 atom stereocenters. The Hall–Kier alpha value is -4.79. The summed E-state index contributed by atoms with van der Waals surface area (Å²) in [6.45, 7) is 0.111. The summed E-state index contributed by atoms with van der Waals surface area (Å²) >= 11 is 0. The molecule has 3 aromatic carbocycles. The average molecular weight is 943 g/mol. The Morgan fingerprint density at radius 1 is 0.730 bits per heavy atom. The summed E-state index contributed by atoms with van der Waals surface area (Å²) in [5.74, 6) is -3.42. The van der Waals surface area contributed by atoms with Crippen LogP contribution in [0.15, 0.2) is 78.2 Å². The molecule has 7 rings (SSSR count). The van der Waals surface area contributed by atoms with Crippen LogP contribution >= 0.6 is 0 Å². The van der Waals surface area contributed by atoms with Gasteiger partial charge in [0.25, 0.3) is 21.9 Å². The van der Waals surface area contributed by atoms with Gasteiger partial charge in [0, 0.05) is 20.4 Å². The second-order valence-electron chi connectivity index (χ2n) is 13.2. The molecule has 2 aliphatic heterocycles. The van der Waals surface area contributed by atoms with Crippen LogP contribution in [0.1, 0.15) is 58.6 Å². The van der Waals surface area contributed by atoms with Gasteiger partial charge in [-0.25, -0.2) is 41.1 Å². The molecule has 0 spiro atoms. The Labute approximate surface area is 403 Å². The number of esters is 2. The fourth-order valence-corrected chi connectivity index (χ4v) is 6.80. The third-order valence-electron chi connectivity index (χ3n) is 8.66. The Morgan fingerprint density at radius 3 is 1.56 bits per heavy atom. The van der Waals surface area contributed by atoms with E-state index in [4.69, 9.17) is 26.6 Å². The molecule has 18 nitrogen and oxygen atoms in total. The molecule has 0 bridgehead atoms. The van der Waals surface area contributed by atoms with E-state index in [1.807, 2.05) is 6.92 Å². The summed E-state index contributed by atoms with van der Waals surface area (Å²) in [5.41, 5.74) is 2.82. The monoisotopic (exact) mass is 942 g/mol. The minimum Gasteiger partial charge on any atom is -0.748 e. The van der Waals surface area contributed by atoms with Crippen molar-refractivity contribution in [3.05, 3.63) is 132 Å². The number of ether oxygens (including phenoxy) is 2. The number of rotatable bonds is 9. The molecule has 2 aromatic heterocycles. The molecule has 0 saturated carbocycles. The second-order valence-corrected chi connectivity index (χ2v) is 16.2. The molecule has 63 heavy (non-hydrogen) atoms. The van der Waals surface area contributed by atoms with E-state index in [1.165, 1.54) is 77.5 Å². The number of halogens is 3. The molecular formula is C39H39F3KN6O12S2-. The van der Waals surface area contributed by atoms with Gasteiger partial charge in [-0.15, -0.1) is 0 Å². The van der Waals surface area contributed by atoms with Gasteiger partial charge in [-0.05, 0) is 55.5 Å². The van der Waals surface area contributed by atoms with E-state index in [9.17, 15) is 40.8 Å². The van der Waals surface area contributed by atoms with Crippen LogP contribution in [0.25, 0.3) is 11.4 Å². The van der Waals surface area contributed by atoms with E-state index in [-0.39, 0.29) is 125 Å². The van der Waals surface area contributed by atoms with Gasteiger partial charge in [-0.3, -0.25) is 22.9 Å². The van der Waals surface area contributed by atoms with Crippen LogP contribution < -0.4 is 51.4 Å². The molecule has 2 aliphatic rings. The number of aromatic nitrogens is 4. The molecule has 332 valence electrons. The van der Waals surface area contributed by atoms with Gasteiger partial charge >= 0.3 is 63.3 Å². The quantitative estimate of drug-likeness (QED) is 0.0498. The van der Waals surface area contributed by atoms with Gasteiger partial charge in [-0.1, -0.05) is 17.7 Å². The SMILES string of the molecule is CN1Cc2c(C(=O)OCC[18F])ncn2-c2ccc(F)cc2C1=O.CS(=O)(=O)[O-].Cc1ccc(S(=O)(=O)OCCOC(=O)c2ncn3c2CN(C)C(=O)c2cc(F)ccc2-3)cc1.[CH3-].[K+]. The first-order chi connectivity index (χ1) is 28.7. The van der Waals surface area contributed by atoms with Crippen LogP contribution in [-0.4, -0.2) is 121 Å². The van der Waals surface area contributed by atoms with Crippen molar-refractivity contribution >= 4 is 44.0 Å².